The summed E-state index contributed by atoms with van der Waals surface area (Å²) in [7, 11) is 0. The van der Waals surface area contributed by atoms with Crippen molar-refractivity contribution in [3.63, 3.8) is 0 Å². The Morgan fingerprint density at radius 2 is 1.69 bits per heavy atom. The Labute approximate surface area is 173 Å². The Bertz CT molecular complexity index is 871. The molecule has 0 N–H and O–H groups in total. The van der Waals surface area contributed by atoms with Gasteiger partial charge in [-0.05, 0) is 29.7 Å². The first-order valence-electron chi connectivity index (χ1n) is 8.31. The number of benzene rings is 2. The highest BCUT2D eigenvalue weighted by molar-refractivity contribution is 7.99. The largest absolute Gasteiger partial charge is 0.317 e. The summed E-state index contributed by atoms with van der Waals surface area (Å²) < 4.78 is 2.19. The van der Waals surface area contributed by atoms with Crippen LogP contribution in [0.5, 0.6) is 0 Å². The van der Waals surface area contributed by atoms with Crippen LogP contribution in [-0.2, 0) is 12.4 Å². The summed E-state index contributed by atoms with van der Waals surface area (Å²) in [6, 6.07) is 15.9. The molecule has 0 saturated heterocycles. The number of alkyl halides is 1. The van der Waals surface area contributed by atoms with Gasteiger partial charge in [0.15, 0.2) is 0 Å². The minimum Gasteiger partial charge on any atom is -0.317 e. The molecule has 1 aromatic heterocycles. The van der Waals surface area contributed by atoms with E-state index in [9.17, 15) is 0 Å². The van der Waals surface area contributed by atoms with Gasteiger partial charge in [-0.3, -0.25) is 0 Å². The van der Waals surface area contributed by atoms with E-state index in [0.29, 0.717) is 15.9 Å². The number of imidazole rings is 1. The smallest absolute Gasteiger partial charge is 0.125 e. The van der Waals surface area contributed by atoms with Crippen LogP contribution in [0.3, 0.4) is 0 Å². The van der Waals surface area contributed by atoms with Gasteiger partial charge in [0.05, 0.1) is 11.6 Å². The van der Waals surface area contributed by atoms with Gasteiger partial charge >= 0.3 is 0 Å². The van der Waals surface area contributed by atoms with Crippen LogP contribution < -0.4 is 0 Å². The maximum absolute atomic E-state index is 6.21. The summed E-state index contributed by atoms with van der Waals surface area (Å²) in [4.78, 5) is 5.80. The second-order valence-electron chi connectivity index (χ2n) is 6.29. The molecule has 6 heteroatoms. The number of hydrogen-bond donors (Lipinski definition) is 0. The molecule has 0 radical (unpaired) electrons. The zero-order chi connectivity index (χ0) is 18.7. The fourth-order valence-electron chi connectivity index (χ4n) is 2.72. The molecule has 2 nitrogen and oxygen atoms in total. The van der Waals surface area contributed by atoms with E-state index in [0.717, 1.165) is 28.0 Å². The maximum Gasteiger partial charge on any atom is 0.125 e. The quantitative estimate of drug-likeness (QED) is 0.387. The number of halogens is 3. The molecule has 3 aromatic rings. The highest BCUT2D eigenvalue weighted by atomic mass is 35.5. The lowest BCUT2D eigenvalue weighted by molar-refractivity contribution is 0.686. The van der Waals surface area contributed by atoms with Crippen molar-refractivity contribution >= 4 is 46.6 Å². The molecular formula is C20H19Cl3N2S. The topological polar surface area (TPSA) is 17.8 Å². The summed E-state index contributed by atoms with van der Waals surface area (Å²) in [6.07, 6.45) is 0. The third kappa shape index (κ3) is 4.58. The van der Waals surface area contributed by atoms with Gasteiger partial charge in [-0.1, -0.05) is 79.1 Å². The molecule has 2 aromatic carbocycles. The predicted octanol–water partition coefficient (Wildman–Crippen LogP) is 7.25. The number of hydrogen-bond acceptors (Lipinski definition) is 2. The molecule has 1 heterocycles. The lowest BCUT2D eigenvalue weighted by Gasteiger charge is -2.13. The van der Waals surface area contributed by atoms with Gasteiger partial charge in [0.2, 0.25) is 0 Å². The van der Waals surface area contributed by atoms with Crippen molar-refractivity contribution in [1.82, 2.24) is 9.55 Å². The van der Waals surface area contributed by atoms with Gasteiger partial charge in [-0.15, -0.1) is 11.6 Å². The van der Waals surface area contributed by atoms with E-state index in [4.69, 9.17) is 39.8 Å². The standard InChI is InChI=1S/C20H19Cl3N2S/c1-13(2)19-20(26-17-9-15(22)8-16(23)10-17)25(18(11-21)24-19)12-14-6-4-3-5-7-14/h3-10,13H,11-12H2,1-2H3. The molecule has 0 fully saturated rings. The third-order valence-corrected chi connectivity index (χ3v) is 5.70. The average Bonchev–Trinajstić information content (AvgIpc) is 2.93. The van der Waals surface area contributed by atoms with E-state index in [1.807, 2.05) is 30.3 Å². The Morgan fingerprint density at radius 3 is 2.27 bits per heavy atom. The van der Waals surface area contributed by atoms with E-state index >= 15 is 0 Å². The summed E-state index contributed by atoms with van der Waals surface area (Å²) in [5.41, 5.74) is 2.25. The molecule has 0 aliphatic carbocycles. The Kier molecular flexibility index (Phi) is 6.57. The molecule has 0 aliphatic heterocycles. The normalized spacial score (nSPS) is 11.3. The molecule has 0 saturated carbocycles. The second-order valence-corrected chi connectivity index (χ2v) is 8.49. The lowest BCUT2D eigenvalue weighted by atomic mass is 10.1. The summed E-state index contributed by atoms with van der Waals surface area (Å²) in [5.74, 6) is 1.52. The van der Waals surface area contributed by atoms with Gasteiger partial charge in [0, 0.05) is 21.5 Å². The van der Waals surface area contributed by atoms with Crippen LogP contribution in [0.1, 0.15) is 36.8 Å². The minimum atomic E-state index is 0.283. The van der Waals surface area contributed by atoms with Crippen LogP contribution in [0.15, 0.2) is 58.5 Å². The van der Waals surface area contributed by atoms with Crippen molar-refractivity contribution in [2.45, 2.75) is 42.1 Å². The fourth-order valence-corrected chi connectivity index (χ4v) is 4.84. The van der Waals surface area contributed by atoms with Crippen LogP contribution in [0.4, 0.5) is 0 Å². The van der Waals surface area contributed by atoms with Crippen LogP contribution in [0.2, 0.25) is 10.0 Å². The molecule has 26 heavy (non-hydrogen) atoms. The highest BCUT2D eigenvalue weighted by Gasteiger charge is 2.20. The van der Waals surface area contributed by atoms with Crippen LogP contribution in [0, 0.1) is 0 Å². The van der Waals surface area contributed by atoms with Crippen LogP contribution in [0.25, 0.3) is 0 Å². The summed E-state index contributed by atoms with van der Waals surface area (Å²) in [5, 5.41) is 2.33. The first kappa shape index (κ1) is 19.6. The Balaban J connectivity index is 2.07. The van der Waals surface area contributed by atoms with Gasteiger partial charge < -0.3 is 4.57 Å². The van der Waals surface area contributed by atoms with Crippen molar-refractivity contribution < 1.29 is 0 Å². The average molecular weight is 426 g/mol. The minimum absolute atomic E-state index is 0.283. The van der Waals surface area contributed by atoms with Crippen molar-refractivity contribution in [3.05, 3.63) is 75.7 Å². The number of aromatic nitrogens is 2. The van der Waals surface area contributed by atoms with Crippen LogP contribution >= 0.6 is 46.6 Å². The van der Waals surface area contributed by atoms with Crippen LogP contribution in [-0.4, -0.2) is 9.55 Å². The summed E-state index contributed by atoms with van der Waals surface area (Å²) in [6.45, 7) is 5.00. The van der Waals surface area contributed by atoms with E-state index < -0.39 is 0 Å². The van der Waals surface area contributed by atoms with E-state index in [1.165, 1.54) is 5.56 Å². The second kappa shape index (κ2) is 8.71. The first-order chi connectivity index (χ1) is 12.5. The first-order valence-corrected chi connectivity index (χ1v) is 10.4. The summed E-state index contributed by atoms with van der Waals surface area (Å²) >= 11 is 20.2. The van der Waals surface area contributed by atoms with Gasteiger partial charge in [-0.25, -0.2) is 4.98 Å². The molecular weight excluding hydrogens is 407 g/mol. The molecule has 0 unspecified atom stereocenters. The van der Waals surface area contributed by atoms with Gasteiger partial charge in [-0.2, -0.15) is 0 Å². The van der Waals surface area contributed by atoms with E-state index in [-0.39, 0.29) is 5.92 Å². The van der Waals surface area contributed by atoms with Crippen molar-refractivity contribution in [1.29, 1.82) is 0 Å². The zero-order valence-electron chi connectivity index (χ0n) is 14.5. The molecule has 0 aliphatic rings. The van der Waals surface area contributed by atoms with E-state index in [2.05, 4.69) is 30.5 Å². The fraction of sp³-hybridized carbons (Fsp3) is 0.250. The highest BCUT2D eigenvalue weighted by Crippen LogP contribution is 2.37. The number of nitrogens with zero attached hydrogens (tertiary/aromatic N) is 2. The maximum atomic E-state index is 6.21. The zero-order valence-corrected chi connectivity index (χ0v) is 17.6. The Hall–Kier alpha value is -1.13. The molecule has 3 rings (SSSR count). The predicted molar refractivity (Wildman–Crippen MR) is 112 cm³/mol. The molecule has 0 amide bonds. The van der Waals surface area contributed by atoms with Gasteiger partial charge in [0.1, 0.15) is 10.9 Å². The monoisotopic (exact) mass is 424 g/mol. The molecule has 0 atom stereocenters. The van der Waals surface area contributed by atoms with Crippen molar-refractivity contribution in [2.75, 3.05) is 0 Å². The van der Waals surface area contributed by atoms with Crippen molar-refractivity contribution in [2.24, 2.45) is 0 Å². The van der Waals surface area contributed by atoms with E-state index in [1.54, 1.807) is 17.8 Å². The molecule has 136 valence electrons. The molecule has 0 bridgehead atoms. The number of rotatable bonds is 6. The third-order valence-electron chi connectivity index (χ3n) is 3.93. The Morgan fingerprint density at radius 1 is 1.04 bits per heavy atom. The van der Waals surface area contributed by atoms with Gasteiger partial charge in [0.25, 0.3) is 0 Å². The molecule has 0 spiro atoms. The lowest BCUT2D eigenvalue weighted by Crippen LogP contribution is -2.05. The van der Waals surface area contributed by atoms with Crippen molar-refractivity contribution in [3.8, 4) is 0 Å². The SMILES string of the molecule is CC(C)c1nc(CCl)n(Cc2ccccc2)c1Sc1cc(Cl)cc(Cl)c1.